The number of nitrogens with one attached hydrogen (secondary N) is 2. The van der Waals surface area contributed by atoms with Crippen molar-refractivity contribution in [3.8, 4) is 5.75 Å². The van der Waals surface area contributed by atoms with Gasteiger partial charge in [-0.2, -0.15) is 0 Å². The van der Waals surface area contributed by atoms with Crippen LogP contribution in [-0.2, 0) is 19.2 Å². The molecule has 0 aliphatic carbocycles. The Morgan fingerprint density at radius 3 is 2.55 bits per heavy atom. The molecule has 0 spiro atoms. The molecule has 0 saturated carbocycles. The van der Waals surface area contributed by atoms with Gasteiger partial charge in [-0.05, 0) is 31.9 Å². The Kier molecular flexibility index (Phi) is 7.70. The molecule has 1 aromatic carbocycles. The van der Waals surface area contributed by atoms with E-state index in [0.29, 0.717) is 31.4 Å². The zero-order valence-corrected chi connectivity index (χ0v) is 15.9. The zero-order valence-electron chi connectivity index (χ0n) is 15.9. The summed E-state index contributed by atoms with van der Waals surface area (Å²) in [6.45, 7) is 1.78. The average molecular weight is 405 g/mol. The minimum Gasteiger partial charge on any atom is -0.481 e. The number of aliphatic carboxylic acids is 1. The number of carbonyl (C=O) groups excluding carboxylic acids is 4. The molecule has 1 aromatic rings. The molecule has 29 heavy (non-hydrogen) atoms. The van der Waals surface area contributed by atoms with Crippen LogP contribution in [0.15, 0.2) is 30.3 Å². The Bertz CT molecular complexity index is 768. The summed E-state index contributed by atoms with van der Waals surface area (Å²) >= 11 is 0. The van der Waals surface area contributed by atoms with Gasteiger partial charge in [-0.25, -0.2) is 4.79 Å². The van der Waals surface area contributed by atoms with Crippen molar-refractivity contribution in [2.45, 2.75) is 44.3 Å². The van der Waals surface area contributed by atoms with E-state index in [1.54, 1.807) is 30.3 Å². The molecule has 3 N–H and O–H groups in total. The van der Waals surface area contributed by atoms with Gasteiger partial charge in [0.05, 0.1) is 12.5 Å². The molecular formula is C19H23N3O7. The zero-order chi connectivity index (χ0) is 21.4. The van der Waals surface area contributed by atoms with E-state index in [1.807, 2.05) is 0 Å². The molecule has 156 valence electrons. The first-order valence-corrected chi connectivity index (χ1v) is 9.13. The van der Waals surface area contributed by atoms with E-state index in [4.69, 9.17) is 9.84 Å². The van der Waals surface area contributed by atoms with Crippen LogP contribution in [0, 0.1) is 0 Å². The quantitative estimate of drug-likeness (QED) is 0.529. The average Bonchev–Trinajstić information content (AvgIpc) is 3.16. The summed E-state index contributed by atoms with van der Waals surface area (Å²) in [6.07, 6.45) is -0.0665. The normalized spacial score (nSPS) is 17.7. The molecule has 0 radical (unpaired) electrons. The van der Waals surface area contributed by atoms with Gasteiger partial charge in [-0.15, -0.1) is 0 Å². The molecule has 1 aliphatic rings. The first-order chi connectivity index (χ1) is 13.8. The SMILES string of the molecule is CC(NC(=O)Oc1ccccc1)C(=O)N1CCC[C@H]1C(=O)N[C@H](C=O)CC(=O)O. The van der Waals surface area contributed by atoms with Gasteiger partial charge in [0.25, 0.3) is 0 Å². The lowest BCUT2D eigenvalue weighted by atomic mass is 10.1. The number of carboxylic acids is 1. The third kappa shape index (κ3) is 6.30. The van der Waals surface area contributed by atoms with Crippen LogP contribution in [0.1, 0.15) is 26.2 Å². The molecule has 3 atom stereocenters. The molecule has 0 bridgehead atoms. The van der Waals surface area contributed by atoms with Crippen molar-refractivity contribution < 1.29 is 33.8 Å². The van der Waals surface area contributed by atoms with Crippen LogP contribution in [-0.4, -0.2) is 64.8 Å². The van der Waals surface area contributed by atoms with E-state index >= 15 is 0 Å². The van der Waals surface area contributed by atoms with Crippen molar-refractivity contribution in [1.29, 1.82) is 0 Å². The fourth-order valence-corrected chi connectivity index (χ4v) is 3.02. The predicted molar refractivity (Wildman–Crippen MR) is 100 cm³/mol. The van der Waals surface area contributed by atoms with Gasteiger partial charge in [0.2, 0.25) is 11.8 Å². The van der Waals surface area contributed by atoms with Crippen molar-refractivity contribution in [2.24, 2.45) is 0 Å². The third-order valence-corrected chi connectivity index (χ3v) is 4.38. The highest BCUT2D eigenvalue weighted by Gasteiger charge is 2.37. The van der Waals surface area contributed by atoms with Gasteiger partial charge in [-0.1, -0.05) is 18.2 Å². The van der Waals surface area contributed by atoms with E-state index in [1.165, 1.54) is 11.8 Å². The second-order valence-corrected chi connectivity index (χ2v) is 6.61. The number of hydrogen-bond donors (Lipinski definition) is 3. The molecule has 10 nitrogen and oxygen atoms in total. The Morgan fingerprint density at radius 1 is 1.24 bits per heavy atom. The highest BCUT2D eigenvalue weighted by Crippen LogP contribution is 2.19. The Balaban J connectivity index is 1.93. The van der Waals surface area contributed by atoms with Crippen molar-refractivity contribution in [3.63, 3.8) is 0 Å². The highest BCUT2D eigenvalue weighted by molar-refractivity contribution is 5.93. The van der Waals surface area contributed by atoms with E-state index < -0.39 is 48.4 Å². The maximum atomic E-state index is 12.7. The van der Waals surface area contributed by atoms with Crippen LogP contribution in [0.5, 0.6) is 5.75 Å². The van der Waals surface area contributed by atoms with Crippen LogP contribution in [0.2, 0.25) is 0 Å². The van der Waals surface area contributed by atoms with Crippen LogP contribution in [0.4, 0.5) is 4.79 Å². The van der Waals surface area contributed by atoms with Gasteiger partial charge in [-0.3, -0.25) is 14.4 Å². The standard InChI is InChI=1S/C19H23N3O7/c1-12(20-19(28)29-14-6-3-2-4-7-14)18(27)22-9-5-8-15(22)17(26)21-13(11-23)10-16(24)25/h2-4,6-7,11-13,15H,5,8-10H2,1H3,(H,20,28)(H,21,26)(H,24,25)/t12?,13-,15-/m0/s1. The van der Waals surface area contributed by atoms with Gasteiger partial charge < -0.3 is 30.2 Å². The minimum absolute atomic E-state index is 0.307. The number of ether oxygens (including phenoxy) is 1. The number of hydrogen-bond acceptors (Lipinski definition) is 6. The Hall–Kier alpha value is -3.43. The first kappa shape index (κ1) is 21.9. The molecule has 10 heteroatoms. The summed E-state index contributed by atoms with van der Waals surface area (Å²) in [5.41, 5.74) is 0. The third-order valence-electron chi connectivity index (χ3n) is 4.38. The van der Waals surface area contributed by atoms with Gasteiger partial charge in [0.15, 0.2) is 0 Å². The number of para-hydroxylation sites is 1. The summed E-state index contributed by atoms with van der Waals surface area (Å²) in [5.74, 6) is -1.99. The van der Waals surface area contributed by atoms with Gasteiger partial charge in [0.1, 0.15) is 24.1 Å². The van der Waals surface area contributed by atoms with Crippen LogP contribution in [0.25, 0.3) is 0 Å². The monoisotopic (exact) mass is 405 g/mol. The largest absolute Gasteiger partial charge is 0.481 e. The maximum absolute atomic E-state index is 12.7. The van der Waals surface area contributed by atoms with Crippen molar-refractivity contribution in [1.82, 2.24) is 15.5 Å². The number of aldehydes is 1. The second kappa shape index (κ2) is 10.2. The summed E-state index contributed by atoms with van der Waals surface area (Å²) in [4.78, 5) is 60.1. The molecule has 1 fully saturated rings. The maximum Gasteiger partial charge on any atom is 0.413 e. The van der Waals surface area contributed by atoms with Gasteiger partial charge >= 0.3 is 12.1 Å². The summed E-state index contributed by atoms with van der Waals surface area (Å²) in [6, 6.07) is 5.38. The number of benzene rings is 1. The predicted octanol–water partition coefficient (Wildman–Crippen LogP) is 0.313. The Morgan fingerprint density at radius 2 is 1.93 bits per heavy atom. The van der Waals surface area contributed by atoms with E-state index in [9.17, 15) is 24.0 Å². The highest BCUT2D eigenvalue weighted by atomic mass is 16.6. The molecule has 1 aliphatic heterocycles. The lowest BCUT2D eigenvalue weighted by Gasteiger charge is -2.27. The Labute approximate surface area is 167 Å². The first-order valence-electron chi connectivity index (χ1n) is 9.13. The number of nitrogens with zero attached hydrogens (tertiary/aromatic N) is 1. The number of rotatable bonds is 8. The molecule has 1 heterocycles. The smallest absolute Gasteiger partial charge is 0.413 e. The molecule has 1 unspecified atom stereocenters. The molecular weight excluding hydrogens is 382 g/mol. The van der Waals surface area contributed by atoms with Gasteiger partial charge in [0, 0.05) is 6.54 Å². The lowest BCUT2D eigenvalue weighted by Crippen LogP contribution is -2.54. The van der Waals surface area contributed by atoms with E-state index in [0.717, 1.165) is 0 Å². The fraction of sp³-hybridized carbons (Fsp3) is 0.421. The fourth-order valence-electron chi connectivity index (χ4n) is 3.02. The number of carboxylic acid groups (broad SMARTS) is 1. The van der Waals surface area contributed by atoms with E-state index in [-0.39, 0.29) is 0 Å². The van der Waals surface area contributed by atoms with Crippen LogP contribution in [0.3, 0.4) is 0 Å². The number of amides is 3. The summed E-state index contributed by atoms with van der Waals surface area (Å²) < 4.78 is 5.08. The van der Waals surface area contributed by atoms with Crippen molar-refractivity contribution in [3.05, 3.63) is 30.3 Å². The minimum atomic E-state index is -1.23. The topological polar surface area (TPSA) is 142 Å². The molecule has 3 amide bonds. The van der Waals surface area contributed by atoms with Crippen LogP contribution >= 0.6 is 0 Å². The van der Waals surface area contributed by atoms with E-state index in [2.05, 4.69) is 10.6 Å². The van der Waals surface area contributed by atoms with Crippen LogP contribution < -0.4 is 15.4 Å². The van der Waals surface area contributed by atoms with Crippen molar-refractivity contribution >= 4 is 30.2 Å². The van der Waals surface area contributed by atoms with Crippen molar-refractivity contribution in [2.75, 3.05) is 6.54 Å². The number of likely N-dealkylation sites (tertiary alicyclic amines) is 1. The molecule has 0 aromatic heterocycles. The summed E-state index contributed by atoms with van der Waals surface area (Å²) in [5, 5.41) is 13.5. The number of carbonyl (C=O) groups is 5. The molecule has 2 rings (SSSR count). The summed E-state index contributed by atoms with van der Waals surface area (Å²) in [7, 11) is 0. The second-order valence-electron chi connectivity index (χ2n) is 6.61. The molecule has 1 saturated heterocycles. The lowest BCUT2D eigenvalue weighted by molar-refractivity contribution is -0.141.